The predicted molar refractivity (Wildman–Crippen MR) is 101 cm³/mol. The summed E-state index contributed by atoms with van der Waals surface area (Å²) in [6, 6.07) is 8.72. The van der Waals surface area contributed by atoms with Crippen LogP contribution in [0.4, 0.5) is 14.6 Å². The van der Waals surface area contributed by atoms with Gasteiger partial charge in [-0.25, -0.2) is 8.78 Å². The summed E-state index contributed by atoms with van der Waals surface area (Å²) in [5.41, 5.74) is 0.310. The molecule has 1 heterocycles. The van der Waals surface area contributed by atoms with E-state index in [0.29, 0.717) is 17.1 Å². The second-order valence-electron chi connectivity index (χ2n) is 8.25. The average Bonchev–Trinajstić information content (AvgIpc) is 2.88. The number of aromatic nitrogens is 2. The summed E-state index contributed by atoms with van der Waals surface area (Å²) in [5, 5.41) is 18.1. The molecule has 2 aliphatic carbocycles. The average molecular weight is 389 g/mol. The molecule has 2 aromatic rings. The lowest BCUT2D eigenvalue weighted by Gasteiger charge is -2.36. The Morgan fingerprint density at radius 3 is 2.43 bits per heavy atom. The number of hydrogen-bond donors (Lipinski definition) is 2. The summed E-state index contributed by atoms with van der Waals surface area (Å²) < 4.78 is 28.4. The quantitative estimate of drug-likeness (QED) is 0.811. The zero-order chi connectivity index (χ0) is 20.1. The first-order valence-corrected chi connectivity index (χ1v) is 9.73. The Hall–Kier alpha value is -2.28. The van der Waals surface area contributed by atoms with E-state index in [9.17, 15) is 18.7 Å². The largest absolute Gasteiger partial charge is 0.376 e. The molecular formula is C21H25F2N3O2. The molecule has 150 valence electrons. The number of aryl methyl sites for hydroxylation is 1. The van der Waals surface area contributed by atoms with E-state index >= 15 is 0 Å². The summed E-state index contributed by atoms with van der Waals surface area (Å²) >= 11 is 0. The van der Waals surface area contributed by atoms with Gasteiger partial charge >= 0.3 is 0 Å². The summed E-state index contributed by atoms with van der Waals surface area (Å²) in [6.45, 7) is 1.45. The number of benzene rings is 1. The molecule has 1 aromatic carbocycles. The maximum absolute atomic E-state index is 13.4. The molecule has 0 aliphatic heterocycles. The van der Waals surface area contributed by atoms with Gasteiger partial charge in [-0.3, -0.25) is 9.48 Å². The van der Waals surface area contributed by atoms with E-state index < -0.39 is 17.4 Å². The number of rotatable bonds is 5. The summed E-state index contributed by atoms with van der Waals surface area (Å²) in [5.74, 6) is -2.74. The van der Waals surface area contributed by atoms with Crippen LogP contribution in [0, 0.1) is 0 Å². The highest BCUT2D eigenvalue weighted by Crippen LogP contribution is 2.52. The van der Waals surface area contributed by atoms with Crippen LogP contribution in [0.2, 0.25) is 0 Å². The van der Waals surface area contributed by atoms with Crippen molar-refractivity contribution in [3.8, 4) is 0 Å². The second kappa shape index (κ2) is 6.65. The Kier molecular flexibility index (Phi) is 4.53. The van der Waals surface area contributed by atoms with Crippen LogP contribution in [0.15, 0.2) is 30.3 Å². The topological polar surface area (TPSA) is 67.2 Å². The Morgan fingerprint density at radius 1 is 1.25 bits per heavy atom. The second-order valence-corrected chi connectivity index (χ2v) is 8.25. The number of nitrogens with one attached hydrogen (secondary N) is 1. The van der Waals surface area contributed by atoms with Crippen molar-refractivity contribution in [2.24, 2.45) is 7.05 Å². The molecule has 2 aliphatic rings. The van der Waals surface area contributed by atoms with Crippen LogP contribution in [0.5, 0.6) is 0 Å². The van der Waals surface area contributed by atoms with Gasteiger partial charge in [0.05, 0.1) is 5.69 Å². The fourth-order valence-electron chi connectivity index (χ4n) is 4.09. The SMILES string of the molecule is Cn1nc(C2CC(F)(F)C2)c(C2CCC2)c1NC(=O)C(C)(O)c1ccccc1. The molecule has 2 N–H and O–H groups in total. The molecule has 5 nitrogen and oxygen atoms in total. The molecule has 7 heteroatoms. The molecular weight excluding hydrogens is 364 g/mol. The van der Waals surface area contributed by atoms with Gasteiger partial charge in [0.2, 0.25) is 5.92 Å². The molecule has 0 bridgehead atoms. The predicted octanol–water partition coefficient (Wildman–Crippen LogP) is 4.05. The Balaban J connectivity index is 1.64. The van der Waals surface area contributed by atoms with Gasteiger partial charge in [0.1, 0.15) is 5.82 Å². The molecule has 4 rings (SSSR count). The minimum absolute atomic E-state index is 0.196. The smallest absolute Gasteiger partial charge is 0.261 e. The third-order valence-electron chi connectivity index (χ3n) is 6.11. The highest BCUT2D eigenvalue weighted by atomic mass is 19.3. The van der Waals surface area contributed by atoms with Gasteiger partial charge in [0, 0.05) is 31.4 Å². The number of nitrogens with zero attached hydrogens (tertiary/aromatic N) is 2. The molecule has 0 spiro atoms. The molecule has 0 radical (unpaired) electrons. The van der Waals surface area contributed by atoms with Crippen LogP contribution >= 0.6 is 0 Å². The number of halogens is 2. The fraction of sp³-hybridized carbons (Fsp3) is 0.524. The number of aliphatic hydroxyl groups is 1. The Bertz CT molecular complexity index is 881. The Morgan fingerprint density at radius 2 is 1.89 bits per heavy atom. The van der Waals surface area contributed by atoms with E-state index in [1.165, 1.54) is 6.92 Å². The van der Waals surface area contributed by atoms with Crippen molar-refractivity contribution in [3.63, 3.8) is 0 Å². The van der Waals surface area contributed by atoms with E-state index in [-0.39, 0.29) is 24.7 Å². The zero-order valence-electron chi connectivity index (χ0n) is 16.1. The highest BCUT2D eigenvalue weighted by Gasteiger charge is 2.49. The lowest BCUT2D eigenvalue weighted by atomic mass is 9.73. The first-order chi connectivity index (χ1) is 13.2. The number of carbonyl (C=O) groups excluding carboxylic acids is 1. The van der Waals surface area contributed by atoms with Gasteiger partial charge in [-0.05, 0) is 31.2 Å². The molecule has 1 amide bonds. The molecule has 1 unspecified atom stereocenters. The van der Waals surface area contributed by atoms with E-state index in [1.54, 1.807) is 36.0 Å². The molecule has 1 aromatic heterocycles. The van der Waals surface area contributed by atoms with Crippen molar-refractivity contribution in [1.29, 1.82) is 0 Å². The molecule has 2 saturated carbocycles. The number of alkyl halides is 2. The van der Waals surface area contributed by atoms with E-state index in [2.05, 4.69) is 10.4 Å². The first kappa shape index (κ1) is 19.1. The number of anilines is 1. The third-order valence-corrected chi connectivity index (χ3v) is 6.11. The zero-order valence-corrected chi connectivity index (χ0v) is 16.1. The van der Waals surface area contributed by atoms with Crippen molar-refractivity contribution < 1.29 is 18.7 Å². The maximum atomic E-state index is 13.4. The van der Waals surface area contributed by atoms with Crippen LogP contribution in [0.25, 0.3) is 0 Å². The highest BCUT2D eigenvalue weighted by molar-refractivity contribution is 5.97. The lowest BCUT2D eigenvalue weighted by molar-refractivity contribution is -0.133. The van der Waals surface area contributed by atoms with E-state index in [0.717, 1.165) is 24.8 Å². The monoisotopic (exact) mass is 389 g/mol. The van der Waals surface area contributed by atoms with Crippen molar-refractivity contribution in [2.45, 2.75) is 62.4 Å². The maximum Gasteiger partial charge on any atom is 0.261 e. The van der Waals surface area contributed by atoms with E-state index in [1.807, 2.05) is 6.07 Å². The number of amides is 1. The molecule has 28 heavy (non-hydrogen) atoms. The molecule has 1 atom stereocenters. The van der Waals surface area contributed by atoms with Crippen LogP contribution in [-0.4, -0.2) is 26.7 Å². The number of carbonyl (C=O) groups is 1. The van der Waals surface area contributed by atoms with Gasteiger partial charge < -0.3 is 10.4 Å². The van der Waals surface area contributed by atoms with Crippen molar-refractivity contribution in [1.82, 2.24) is 9.78 Å². The third kappa shape index (κ3) is 3.21. The lowest BCUT2D eigenvalue weighted by Crippen LogP contribution is -2.38. The molecule has 2 fully saturated rings. The van der Waals surface area contributed by atoms with Crippen molar-refractivity contribution >= 4 is 11.7 Å². The van der Waals surface area contributed by atoms with Crippen LogP contribution in [-0.2, 0) is 17.4 Å². The van der Waals surface area contributed by atoms with Gasteiger partial charge in [-0.15, -0.1) is 0 Å². The molecule has 0 saturated heterocycles. The summed E-state index contributed by atoms with van der Waals surface area (Å²) in [6.07, 6.45) is 2.60. The minimum Gasteiger partial charge on any atom is -0.376 e. The van der Waals surface area contributed by atoms with Crippen LogP contribution in [0.3, 0.4) is 0 Å². The normalized spacial score (nSPS) is 21.5. The summed E-state index contributed by atoms with van der Waals surface area (Å²) in [4.78, 5) is 12.9. The van der Waals surface area contributed by atoms with Crippen molar-refractivity contribution in [2.75, 3.05) is 5.32 Å². The first-order valence-electron chi connectivity index (χ1n) is 9.73. The van der Waals surface area contributed by atoms with Crippen LogP contribution in [0.1, 0.15) is 67.7 Å². The number of hydrogen-bond acceptors (Lipinski definition) is 3. The van der Waals surface area contributed by atoms with Crippen LogP contribution < -0.4 is 5.32 Å². The standard InChI is InChI=1S/C21H25F2N3O2/c1-20(28,15-9-4-3-5-10-15)19(27)24-18-16(13-7-6-8-13)17(25-26(18)2)14-11-21(22,23)12-14/h3-5,9-10,13-14,28H,6-8,11-12H2,1-2H3,(H,24,27). The van der Waals surface area contributed by atoms with Gasteiger partial charge in [0.15, 0.2) is 5.60 Å². The van der Waals surface area contributed by atoms with Gasteiger partial charge in [0.25, 0.3) is 5.91 Å². The van der Waals surface area contributed by atoms with Gasteiger partial charge in [-0.1, -0.05) is 36.8 Å². The Labute approximate surface area is 162 Å². The van der Waals surface area contributed by atoms with Crippen molar-refractivity contribution in [3.05, 3.63) is 47.2 Å². The fourth-order valence-corrected chi connectivity index (χ4v) is 4.09. The summed E-state index contributed by atoms with van der Waals surface area (Å²) in [7, 11) is 1.70. The van der Waals surface area contributed by atoms with E-state index in [4.69, 9.17) is 0 Å². The minimum atomic E-state index is -2.63. The van der Waals surface area contributed by atoms with Gasteiger partial charge in [-0.2, -0.15) is 5.10 Å².